The molecule has 0 aromatic heterocycles. The number of aliphatic carboxylic acids is 1. The van der Waals surface area contributed by atoms with E-state index in [0.717, 1.165) is 19.3 Å². The first-order valence-corrected chi connectivity index (χ1v) is 6.28. The first-order chi connectivity index (χ1) is 6.41. The molecule has 14 heavy (non-hydrogen) atoms. The van der Waals surface area contributed by atoms with Crippen molar-refractivity contribution in [3.63, 3.8) is 0 Å². The minimum Gasteiger partial charge on any atom is -0.480 e. The summed E-state index contributed by atoms with van der Waals surface area (Å²) in [6.45, 7) is 1.78. The SMILES string of the molecule is CC(NS(=O)(=O)CC(=O)O)C1CCC1. The molecular weight excluding hydrogens is 206 g/mol. The highest BCUT2D eigenvalue weighted by atomic mass is 32.2. The zero-order valence-corrected chi connectivity index (χ0v) is 8.88. The molecule has 1 rings (SSSR count). The van der Waals surface area contributed by atoms with Gasteiger partial charge in [-0.2, -0.15) is 0 Å². The first-order valence-electron chi connectivity index (χ1n) is 4.62. The van der Waals surface area contributed by atoms with E-state index in [1.807, 2.05) is 0 Å². The number of hydrogen-bond acceptors (Lipinski definition) is 3. The Balaban J connectivity index is 2.45. The van der Waals surface area contributed by atoms with E-state index in [9.17, 15) is 13.2 Å². The van der Waals surface area contributed by atoms with Crippen molar-refractivity contribution in [3.8, 4) is 0 Å². The van der Waals surface area contributed by atoms with Gasteiger partial charge in [0.25, 0.3) is 0 Å². The van der Waals surface area contributed by atoms with Crippen molar-refractivity contribution in [1.29, 1.82) is 0 Å². The Labute approximate surface area is 83.6 Å². The van der Waals surface area contributed by atoms with Gasteiger partial charge >= 0.3 is 5.97 Å². The predicted octanol–water partition coefficient (Wildman–Crippen LogP) is 0.179. The third kappa shape index (κ3) is 3.26. The lowest BCUT2D eigenvalue weighted by molar-refractivity contribution is -0.134. The Kier molecular flexibility index (Phi) is 3.49. The van der Waals surface area contributed by atoms with Crippen LogP contribution >= 0.6 is 0 Å². The summed E-state index contributed by atoms with van der Waals surface area (Å²) < 4.78 is 24.8. The van der Waals surface area contributed by atoms with Crippen LogP contribution in [0.1, 0.15) is 26.2 Å². The number of carbonyl (C=O) groups is 1. The van der Waals surface area contributed by atoms with Crippen LogP contribution in [0.15, 0.2) is 0 Å². The maximum absolute atomic E-state index is 11.2. The Hall–Kier alpha value is -0.620. The summed E-state index contributed by atoms with van der Waals surface area (Å²) >= 11 is 0. The quantitative estimate of drug-likeness (QED) is 0.693. The molecule has 0 aliphatic heterocycles. The smallest absolute Gasteiger partial charge is 0.320 e. The van der Waals surface area contributed by atoms with Crippen LogP contribution in [0.2, 0.25) is 0 Å². The minimum atomic E-state index is -3.65. The summed E-state index contributed by atoms with van der Waals surface area (Å²) in [5, 5.41) is 8.35. The van der Waals surface area contributed by atoms with Gasteiger partial charge in [-0.3, -0.25) is 4.79 Å². The Bertz CT molecular complexity index is 307. The van der Waals surface area contributed by atoms with E-state index in [1.54, 1.807) is 6.92 Å². The molecule has 1 fully saturated rings. The lowest BCUT2D eigenvalue weighted by Gasteiger charge is -2.31. The third-order valence-corrected chi connectivity index (χ3v) is 3.89. The molecular formula is C8H15NO4S. The monoisotopic (exact) mass is 221 g/mol. The van der Waals surface area contributed by atoms with Crippen LogP contribution in [0.3, 0.4) is 0 Å². The number of carboxylic acids is 1. The number of carboxylic acid groups (broad SMARTS) is 1. The highest BCUT2D eigenvalue weighted by molar-refractivity contribution is 7.90. The Morgan fingerprint density at radius 3 is 2.50 bits per heavy atom. The molecule has 6 heteroatoms. The van der Waals surface area contributed by atoms with Crippen molar-refractivity contribution < 1.29 is 18.3 Å². The molecule has 0 saturated heterocycles. The number of sulfonamides is 1. The van der Waals surface area contributed by atoms with Gasteiger partial charge in [-0.05, 0) is 25.7 Å². The van der Waals surface area contributed by atoms with E-state index in [-0.39, 0.29) is 6.04 Å². The van der Waals surface area contributed by atoms with E-state index in [0.29, 0.717) is 5.92 Å². The molecule has 1 saturated carbocycles. The molecule has 1 aliphatic rings. The molecule has 0 heterocycles. The van der Waals surface area contributed by atoms with E-state index in [1.165, 1.54) is 0 Å². The van der Waals surface area contributed by atoms with Gasteiger partial charge in [-0.15, -0.1) is 0 Å². The van der Waals surface area contributed by atoms with E-state index < -0.39 is 21.7 Å². The topological polar surface area (TPSA) is 83.5 Å². The highest BCUT2D eigenvalue weighted by Crippen LogP contribution is 2.29. The second kappa shape index (κ2) is 4.27. The zero-order valence-electron chi connectivity index (χ0n) is 8.06. The standard InChI is InChI=1S/C8H15NO4S/c1-6(7-3-2-4-7)9-14(12,13)5-8(10)11/h6-7,9H,2-5H2,1H3,(H,10,11). The molecule has 0 spiro atoms. The highest BCUT2D eigenvalue weighted by Gasteiger charge is 2.27. The Morgan fingerprint density at radius 2 is 2.14 bits per heavy atom. The molecule has 5 nitrogen and oxygen atoms in total. The lowest BCUT2D eigenvalue weighted by Crippen LogP contribution is -2.42. The molecule has 1 atom stereocenters. The van der Waals surface area contributed by atoms with Gasteiger partial charge in [0.1, 0.15) is 0 Å². The third-order valence-electron chi connectivity index (χ3n) is 2.54. The van der Waals surface area contributed by atoms with E-state index in [4.69, 9.17) is 5.11 Å². The predicted molar refractivity (Wildman–Crippen MR) is 51.4 cm³/mol. The number of rotatable bonds is 5. The summed E-state index contributed by atoms with van der Waals surface area (Å²) in [6, 6.07) is -0.145. The van der Waals surface area contributed by atoms with E-state index >= 15 is 0 Å². The second-order valence-electron chi connectivity index (χ2n) is 3.75. The average molecular weight is 221 g/mol. The molecule has 0 bridgehead atoms. The van der Waals surface area contributed by atoms with Gasteiger partial charge in [0.05, 0.1) is 0 Å². The summed E-state index contributed by atoms with van der Waals surface area (Å²) in [4.78, 5) is 10.2. The molecule has 1 aliphatic carbocycles. The minimum absolute atomic E-state index is 0.145. The molecule has 1 unspecified atom stereocenters. The van der Waals surface area contributed by atoms with Crippen LogP contribution in [-0.4, -0.2) is 31.3 Å². The second-order valence-corrected chi connectivity index (χ2v) is 5.50. The van der Waals surface area contributed by atoms with Gasteiger partial charge in [-0.1, -0.05) is 6.42 Å². The van der Waals surface area contributed by atoms with Crippen LogP contribution in [0.5, 0.6) is 0 Å². The van der Waals surface area contributed by atoms with Gasteiger partial charge in [0.2, 0.25) is 10.0 Å². The largest absolute Gasteiger partial charge is 0.480 e. The van der Waals surface area contributed by atoms with E-state index in [2.05, 4.69) is 4.72 Å². The van der Waals surface area contributed by atoms with Crippen molar-refractivity contribution >= 4 is 16.0 Å². The maximum Gasteiger partial charge on any atom is 0.320 e. The van der Waals surface area contributed by atoms with Crippen LogP contribution < -0.4 is 4.72 Å². The summed E-state index contributed by atoms with van der Waals surface area (Å²) in [5.41, 5.74) is 0. The fraction of sp³-hybridized carbons (Fsp3) is 0.875. The van der Waals surface area contributed by atoms with Gasteiger partial charge < -0.3 is 5.11 Å². The first kappa shape index (κ1) is 11.5. The number of hydrogen-bond donors (Lipinski definition) is 2. The Morgan fingerprint density at radius 1 is 1.57 bits per heavy atom. The normalized spacial score (nSPS) is 20.1. The summed E-state index contributed by atoms with van der Waals surface area (Å²) in [7, 11) is -3.65. The molecule has 0 aromatic carbocycles. The van der Waals surface area contributed by atoms with Crippen molar-refractivity contribution in [2.45, 2.75) is 32.2 Å². The van der Waals surface area contributed by atoms with Gasteiger partial charge in [0, 0.05) is 6.04 Å². The van der Waals surface area contributed by atoms with Crippen molar-refractivity contribution in [1.82, 2.24) is 4.72 Å². The molecule has 82 valence electrons. The average Bonchev–Trinajstić information content (AvgIpc) is 1.74. The van der Waals surface area contributed by atoms with Crippen LogP contribution in [0, 0.1) is 5.92 Å². The number of nitrogens with one attached hydrogen (secondary N) is 1. The maximum atomic E-state index is 11.2. The van der Waals surface area contributed by atoms with Crippen molar-refractivity contribution in [2.24, 2.45) is 5.92 Å². The molecule has 0 amide bonds. The molecule has 2 N–H and O–H groups in total. The molecule has 0 aromatic rings. The van der Waals surface area contributed by atoms with Crippen molar-refractivity contribution in [2.75, 3.05) is 5.75 Å². The summed E-state index contributed by atoms with van der Waals surface area (Å²) in [6.07, 6.45) is 3.18. The van der Waals surface area contributed by atoms with Gasteiger partial charge in [-0.25, -0.2) is 13.1 Å². The summed E-state index contributed by atoms with van der Waals surface area (Å²) in [5.74, 6) is -1.79. The fourth-order valence-corrected chi connectivity index (χ4v) is 2.69. The molecule has 0 radical (unpaired) electrons. The van der Waals surface area contributed by atoms with Crippen LogP contribution in [0.25, 0.3) is 0 Å². The lowest BCUT2D eigenvalue weighted by atomic mass is 9.81. The van der Waals surface area contributed by atoms with Gasteiger partial charge in [0.15, 0.2) is 5.75 Å². The fourth-order valence-electron chi connectivity index (χ4n) is 1.52. The zero-order chi connectivity index (χ0) is 10.8. The van der Waals surface area contributed by atoms with Crippen molar-refractivity contribution in [3.05, 3.63) is 0 Å². The van der Waals surface area contributed by atoms with Crippen LogP contribution in [-0.2, 0) is 14.8 Å². The van der Waals surface area contributed by atoms with Crippen LogP contribution in [0.4, 0.5) is 0 Å².